The van der Waals surface area contributed by atoms with E-state index in [-0.39, 0.29) is 18.4 Å². The topological polar surface area (TPSA) is 88.6 Å². The lowest BCUT2D eigenvalue weighted by Crippen LogP contribution is -2.46. The summed E-state index contributed by atoms with van der Waals surface area (Å²) in [7, 11) is 1.96. The van der Waals surface area contributed by atoms with Gasteiger partial charge in [-0.15, -0.1) is 0 Å². The predicted octanol–water partition coefficient (Wildman–Crippen LogP) is 1.27. The summed E-state index contributed by atoms with van der Waals surface area (Å²) in [4.78, 5) is 25.1. The van der Waals surface area contributed by atoms with Crippen LogP contribution < -0.4 is 5.73 Å². The molecule has 1 saturated heterocycles. The van der Waals surface area contributed by atoms with Crippen LogP contribution in [0.15, 0.2) is 18.3 Å². The van der Waals surface area contributed by atoms with E-state index in [1.54, 1.807) is 4.90 Å². The van der Waals surface area contributed by atoms with E-state index in [0.717, 1.165) is 31.4 Å². The Labute approximate surface area is 124 Å². The molecule has 0 saturated carbocycles. The Morgan fingerprint density at radius 3 is 2.81 bits per heavy atom. The molecule has 1 aromatic rings. The summed E-state index contributed by atoms with van der Waals surface area (Å²) >= 11 is 0. The van der Waals surface area contributed by atoms with Gasteiger partial charge in [-0.3, -0.25) is 9.59 Å². The van der Waals surface area contributed by atoms with Crippen LogP contribution in [0, 0.1) is 0 Å². The lowest BCUT2D eigenvalue weighted by Gasteiger charge is -2.32. The average molecular weight is 293 g/mol. The van der Waals surface area contributed by atoms with Crippen molar-refractivity contribution >= 4 is 11.9 Å². The molecule has 0 radical (unpaired) electrons. The largest absolute Gasteiger partial charge is 0.481 e. The molecule has 1 aliphatic heterocycles. The molecule has 1 aliphatic rings. The molecular weight excluding hydrogens is 270 g/mol. The third kappa shape index (κ3) is 3.64. The van der Waals surface area contributed by atoms with E-state index >= 15 is 0 Å². The van der Waals surface area contributed by atoms with Crippen LogP contribution in [0.5, 0.6) is 0 Å². The van der Waals surface area contributed by atoms with Gasteiger partial charge in [-0.2, -0.15) is 0 Å². The number of nitrogens with two attached hydrogens (primary N) is 1. The van der Waals surface area contributed by atoms with Crippen LogP contribution in [0.2, 0.25) is 0 Å². The van der Waals surface area contributed by atoms with Crippen LogP contribution in [0.3, 0.4) is 0 Å². The minimum atomic E-state index is -1.04. The number of carbonyl (C=O) groups excluding carboxylic acids is 1. The molecule has 3 N–H and O–H groups in total. The van der Waals surface area contributed by atoms with Crippen molar-refractivity contribution < 1.29 is 14.7 Å². The number of nitrogens with zero attached hydrogens (tertiary/aromatic N) is 2. The number of rotatable bonds is 4. The van der Waals surface area contributed by atoms with Gasteiger partial charge in [0.25, 0.3) is 0 Å². The van der Waals surface area contributed by atoms with Crippen LogP contribution in [0.1, 0.15) is 43.8 Å². The van der Waals surface area contributed by atoms with Crippen molar-refractivity contribution in [2.24, 2.45) is 12.8 Å². The first-order valence-electron chi connectivity index (χ1n) is 7.39. The molecule has 6 heteroatoms. The third-order valence-electron chi connectivity index (χ3n) is 4.07. The van der Waals surface area contributed by atoms with E-state index in [1.165, 1.54) is 0 Å². The molecule has 2 unspecified atom stereocenters. The summed E-state index contributed by atoms with van der Waals surface area (Å²) in [5.74, 6) is -1.30. The second-order valence-electron chi connectivity index (χ2n) is 5.65. The zero-order valence-electron chi connectivity index (χ0n) is 12.4. The Hall–Kier alpha value is -1.82. The van der Waals surface area contributed by atoms with Gasteiger partial charge in [0.1, 0.15) is 0 Å². The maximum atomic E-state index is 12.5. The fourth-order valence-electron chi connectivity index (χ4n) is 2.99. The maximum absolute atomic E-state index is 12.5. The smallest absolute Gasteiger partial charge is 0.305 e. The predicted molar refractivity (Wildman–Crippen MR) is 78.6 cm³/mol. The molecule has 0 aromatic carbocycles. The van der Waals surface area contributed by atoms with E-state index < -0.39 is 12.0 Å². The summed E-state index contributed by atoms with van der Waals surface area (Å²) in [6.07, 6.45) is 5.61. The third-order valence-corrected chi connectivity index (χ3v) is 4.07. The summed E-state index contributed by atoms with van der Waals surface area (Å²) in [6.45, 7) is 0.641. The molecule has 2 atom stereocenters. The van der Waals surface area contributed by atoms with Gasteiger partial charge in [0.2, 0.25) is 5.91 Å². The van der Waals surface area contributed by atoms with Gasteiger partial charge >= 0.3 is 5.97 Å². The SMILES string of the molecule is Cn1cccc1C1CCCCCN1C(=O)C(N)CC(=O)O. The highest BCUT2D eigenvalue weighted by molar-refractivity contribution is 5.86. The monoisotopic (exact) mass is 293 g/mol. The number of carbonyl (C=O) groups is 2. The summed E-state index contributed by atoms with van der Waals surface area (Å²) < 4.78 is 2.01. The fourth-order valence-corrected chi connectivity index (χ4v) is 2.99. The van der Waals surface area contributed by atoms with Crippen molar-refractivity contribution in [1.82, 2.24) is 9.47 Å². The number of amides is 1. The number of hydrogen-bond donors (Lipinski definition) is 2. The molecule has 2 rings (SSSR count). The molecule has 0 spiro atoms. The zero-order valence-corrected chi connectivity index (χ0v) is 12.4. The van der Waals surface area contributed by atoms with Gasteiger partial charge in [-0.05, 0) is 25.0 Å². The second-order valence-corrected chi connectivity index (χ2v) is 5.65. The fraction of sp³-hybridized carbons (Fsp3) is 0.600. The number of aromatic nitrogens is 1. The van der Waals surface area contributed by atoms with Crippen LogP contribution in [0.25, 0.3) is 0 Å². The molecular formula is C15H23N3O3. The Balaban J connectivity index is 2.22. The van der Waals surface area contributed by atoms with Crippen LogP contribution in [-0.2, 0) is 16.6 Å². The lowest BCUT2D eigenvalue weighted by molar-refractivity contribution is -0.143. The number of likely N-dealkylation sites (tertiary alicyclic amines) is 1. The van der Waals surface area contributed by atoms with E-state index in [1.807, 2.05) is 29.9 Å². The number of carboxylic acid groups (broad SMARTS) is 1. The Kier molecular flexibility index (Phi) is 5.01. The molecule has 0 bridgehead atoms. The van der Waals surface area contributed by atoms with Gasteiger partial charge < -0.3 is 20.3 Å². The highest BCUT2D eigenvalue weighted by Gasteiger charge is 2.31. The van der Waals surface area contributed by atoms with Crippen molar-refractivity contribution in [3.8, 4) is 0 Å². The van der Waals surface area contributed by atoms with Crippen molar-refractivity contribution in [3.05, 3.63) is 24.0 Å². The van der Waals surface area contributed by atoms with Crippen molar-refractivity contribution in [2.75, 3.05) is 6.54 Å². The highest BCUT2D eigenvalue weighted by atomic mass is 16.4. The normalized spacial score (nSPS) is 20.9. The molecule has 0 aliphatic carbocycles. The second kappa shape index (κ2) is 6.76. The lowest BCUT2D eigenvalue weighted by atomic mass is 10.0. The molecule has 1 aromatic heterocycles. The summed E-state index contributed by atoms with van der Waals surface area (Å²) in [5.41, 5.74) is 6.85. The molecule has 116 valence electrons. The number of hydrogen-bond acceptors (Lipinski definition) is 3. The minimum Gasteiger partial charge on any atom is -0.481 e. The number of carboxylic acids is 1. The van der Waals surface area contributed by atoms with Crippen LogP contribution >= 0.6 is 0 Å². The van der Waals surface area contributed by atoms with Crippen molar-refractivity contribution in [3.63, 3.8) is 0 Å². The molecule has 21 heavy (non-hydrogen) atoms. The maximum Gasteiger partial charge on any atom is 0.305 e. The molecule has 1 fully saturated rings. The number of aryl methyl sites for hydroxylation is 1. The first-order chi connectivity index (χ1) is 10.0. The standard InChI is InChI=1S/C15H23N3O3/c1-17-8-5-7-12(17)13-6-3-2-4-9-18(13)15(21)11(16)10-14(19)20/h5,7-8,11,13H,2-4,6,9-10,16H2,1H3,(H,19,20). The van der Waals surface area contributed by atoms with Gasteiger partial charge in [0.05, 0.1) is 18.5 Å². The highest BCUT2D eigenvalue weighted by Crippen LogP contribution is 2.30. The van der Waals surface area contributed by atoms with Gasteiger partial charge in [0.15, 0.2) is 0 Å². The van der Waals surface area contributed by atoms with E-state index in [2.05, 4.69) is 0 Å². The number of aliphatic carboxylic acids is 1. The van der Waals surface area contributed by atoms with Gasteiger partial charge in [-0.25, -0.2) is 0 Å². The van der Waals surface area contributed by atoms with Gasteiger partial charge in [0, 0.05) is 25.5 Å². The minimum absolute atomic E-state index is 0.0140. The Morgan fingerprint density at radius 1 is 1.43 bits per heavy atom. The van der Waals surface area contributed by atoms with Crippen LogP contribution in [0.4, 0.5) is 0 Å². The van der Waals surface area contributed by atoms with Crippen molar-refractivity contribution in [1.29, 1.82) is 0 Å². The molecule has 1 amide bonds. The Bertz CT molecular complexity index is 512. The van der Waals surface area contributed by atoms with E-state index in [9.17, 15) is 9.59 Å². The quantitative estimate of drug-likeness (QED) is 0.875. The summed E-state index contributed by atoms with van der Waals surface area (Å²) in [6, 6.07) is 2.99. The first kappa shape index (κ1) is 15.6. The average Bonchev–Trinajstić information content (AvgIpc) is 2.71. The van der Waals surface area contributed by atoms with Gasteiger partial charge in [-0.1, -0.05) is 12.8 Å². The van der Waals surface area contributed by atoms with E-state index in [4.69, 9.17) is 10.8 Å². The first-order valence-corrected chi connectivity index (χ1v) is 7.39. The van der Waals surface area contributed by atoms with Crippen molar-refractivity contribution in [2.45, 2.75) is 44.2 Å². The zero-order chi connectivity index (χ0) is 15.4. The molecule has 6 nitrogen and oxygen atoms in total. The van der Waals surface area contributed by atoms with Crippen LogP contribution in [-0.4, -0.2) is 39.0 Å². The Morgan fingerprint density at radius 2 is 2.19 bits per heavy atom. The summed E-state index contributed by atoms with van der Waals surface area (Å²) in [5, 5.41) is 8.83. The molecule has 2 heterocycles. The van der Waals surface area contributed by atoms with E-state index in [0.29, 0.717) is 6.54 Å².